The van der Waals surface area contributed by atoms with E-state index in [1.807, 2.05) is 45.0 Å². The van der Waals surface area contributed by atoms with E-state index >= 15 is 0 Å². The first-order valence-corrected chi connectivity index (χ1v) is 9.85. The van der Waals surface area contributed by atoms with Gasteiger partial charge in [-0.25, -0.2) is 4.98 Å². The summed E-state index contributed by atoms with van der Waals surface area (Å²) < 4.78 is 2.63. The molecule has 138 valence electrons. The minimum absolute atomic E-state index is 0.149. The molecule has 1 aromatic carbocycles. The summed E-state index contributed by atoms with van der Waals surface area (Å²) in [6.07, 6.45) is 0. The lowest BCUT2D eigenvalue weighted by Crippen LogP contribution is -2.18. The topological polar surface area (TPSA) is 101 Å². The molecule has 2 N–H and O–H groups in total. The average molecular weight is 446 g/mol. The molecule has 0 aliphatic rings. The molecule has 0 bridgehead atoms. The number of hydrogen-bond donors (Lipinski definition) is 2. The third kappa shape index (κ3) is 3.26. The van der Waals surface area contributed by atoms with Crippen LogP contribution in [0.3, 0.4) is 0 Å². The summed E-state index contributed by atoms with van der Waals surface area (Å²) in [7, 11) is 0. The van der Waals surface area contributed by atoms with Crippen LogP contribution in [0.15, 0.2) is 33.5 Å². The summed E-state index contributed by atoms with van der Waals surface area (Å²) in [5, 5.41) is 15.8. The van der Waals surface area contributed by atoms with Crippen molar-refractivity contribution >= 4 is 43.4 Å². The molecule has 0 aliphatic carbocycles. The van der Waals surface area contributed by atoms with Crippen molar-refractivity contribution in [3.63, 3.8) is 0 Å². The minimum atomic E-state index is -0.272. The molecule has 3 aromatic heterocycles. The van der Waals surface area contributed by atoms with Gasteiger partial charge in [0.05, 0.1) is 17.1 Å². The zero-order valence-electron chi connectivity index (χ0n) is 14.8. The van der Waals surface area contributed by atoms with Gasteiger partial charge in [0.15, 0.2) is 5.82 Å². The lowest BCUT2D eigenvalue weighted by Gasteiger charge is -2.14. The van der Waals surface area contributed by atoms with Crippen molar-refractivity contribution in [1.82, 2.24) is 30.2 Å². The van der Waals surface area contributed by atoms with Gasteiger partial charge in [0.25, 0.3) is 5.56 Å². The number of halogens is 1. The number of H-pyrrole nitrogens is 1. The van der Waals surface area contributed by atoms with Crippen LogP contribution < -0.4 is 10.9 Å². The first-order valence-electron chi connectivity index (χ1n) is 8.25. The second kappa shape index (κ2) is 6.86. The minimum Gasteiger partial charge on any atom is -0.346 e. The maximum absolute atomic E-state index is 12.4. The van der Waals surface area contributed by atoms with Crippen molar-refractivity contribution in [2.75, 3.05) is 5.32 Å². The Morgan fingerprint density at radius 2 is 2.00 bits per heavy atom. The molecule has 0 aliphatic heterocycles. The second-order valence-electron chi connectivity index (χ2n) is 6.17. The lowest BCUT2D eigenvalue weighted by molar-refractivity contribution is 0.713. The van der Waals surface area contributed by atoms with Crippen molar-refractivity contribution < 1.29 is 0 Å². The van der Waals surface area contributed by atoms with Gasteiger partial charge < -0.3 is 5.32 Å². The predicted octanol–water partition coefficient (Wildman–Crippen LogP) is 3.51. The molecule has 4 rings (SSSR count). The second-order valence-corrected chi connectivity index (χ2v) is 8.29. The van der Waals surface area contributed by atoms with E-state index in [0.29, 0.717) is 17.2 Å². The largest absolute Gasteiger partial charge is 0.346 e. The number of fused-ring (bicyclic) bond motifs is 1. The van der Waals surface area contributed by atoms with E-state index < -0.39 is 0 Å². The molecular formula is C17H16BrN7OS. The van der Waals surface area contributed by atoms with Gasteiger partial charge in [-0.15, -0.1) is 16.4 Å². The van der Waals surface area contributed by atoms with Crippen LogP contribution >= 0.6 is 27.3 Å². The molecule has 8 nitrogen and oxygen atoms in total. The molecule has 0 saturated carbocycles. The highest BCUT2D eigenvalue weighted by Crippen LogP contribution is 2.27. The van der Waals surface area contributed by atoms with Crippen molar-refractivity contribution in [2.24, 2.45) is 0 Å². The Morgan fingerprint density at radius 1 is 1.26 bits per heavy atom. The van der Waals surface area contributed by atoms with Gasteiger partial charge in [-0.1, -0.05) is 15.9 Å². The fraction of sp³-hybridized carbons (Fsp3) is 0.235. The van der Waals surface area contributed by atoms with E-state index in [1.165, 1.54) is 11.3 Å². The van der Waals surface area contributed by atoms with Crippen LogP contribution in [0.1, 0.15) is 29.2 Å². The normalized spacial score (nSPS) is 12.4. The third-order valence-electron chi connectivity index (χ3n) is 4.34. The number of nitrogens with zero attached hydrogens (tertiary/aromatic N) is 5. The summed E-state index contributed by atoms with van der Waals surface area (Å²) in [6, 6.07) is 7.41. The van der Waals surface area contributed by atoms with Crippen molar-refractivity contribution in [3.8, 4) is 5.69 Å². The van der Waals surface area contributed by atoms with E-state index in [0.717, 1.165) is 25.4 Å². The monoisotopic (exact) mass is 445 g/mol. The van der Waals surface area contributed by atoms with Crippen LogP contribution in [0, 0.1) is 13.8 Å². The Bertz CT molecular complexity index is 1180. The van der Waals surface area contributed by atoms with E-state index in [4.69, 9.17) is 0 Å². The Hall–Kier alpha value is -2.59. The van der Waals surface area contributed by atoms with E-state index in [9.17, 15) is 4.79 Å². The van der Waals surface area contributed by atoms with Gasteiger partial charge in [0.1, 0.15) is 4.83 Å². The fourth-order valence-electron chi connectivity index (χ4n) is 2.82. The number of aryl methyl sites for hydroxylation is 2. The molecule has 0 spiro atoms. The van der Waals surface area contributed by atoms with E-state index in [1.54, 1.807) is 4.68 Å². The predicted molar refractivity (Wildman–Crippen MR) is 109 cm³/mol. The Kier molecular flexibility index (Phi) is 4.52. The molecule has 1 atom stereocenters. The standard InChI is InChI=1S/C17H16BrN7OS/c1-8-10(3)27-16-13(8)15(26)20-17(21-16)19-9(2)14-22-23-24-25(14)12-6-4-11(18)5-7-12/h4-7,9H,1-3H3,(H2,19,20,21,26). The van der Waals surface area contributed by atoms with Gasteiger partial charge in [-0.05, 0) is 61.0 Å². The number of hydrogen-bond acceptors (Lipinski definition) is 7. The van der Waals surface area contributed by atoms with Gasteiger partial charge in [-0.3, -0.25) is 9.78 Å². The van der Waals surface area contributed by atoms with Crippen molar-refractivity contribution in [2.45, 2.75) is 26.8 Å². The first-order chi connectivity index (χ1) is 12.9. The lowest BCUT2D eigenvalue weighted by atomic mass is 10.2. The van der Waals surface area contributed by atoms with E-state index in [-0.39, 0.29) is 11.6 Å². The number of aromatic amines is 1. The van der Waals surface area contributed by atoms with Gasteiger partial charge in [-0.2, -0.15) is 4.68 Å². The maximum Gasteiger partial charge on any atom is 0.261 e. The molecule has 4 aromatic rings. The SMILES string of the molecule is Cc1sc2nc(NC(C)c3nnnn3-c3ccc(Br)cc3)[nH]c(=O)c2c1C. The maximum atomic E-state index is 12.4. The van der Waals surface area contributed by atoms with Crippen LogP contribution in [0.4, 0.5) is 5.95 Å². The molecule has 0 amide bonds. The Morgan fingerprint density at radius 3 is 2.74 bits per heavy atom. The fourth-order valence-corrected chi connectivity index (χ4v) is 4.12. The molecule has 0 radical (unpaired) electrons. The Labute approximate surface area is 166 Å². The molecule has 0 fully saturated rings. The summed E-state index contributed by atoms with van der Waals surface area (Å²) in [5.74, 6) is 1.00. The van der Waals surface area contributed by atoms with Crippen LogP contribution in [-0.2, 0) is 0 Å². The molecule has 10 heteroatoms. The number of rotatable bonds is 4. The number of tetrazole rings is 1. The summed E-state index contributed by atoms with van der Waals surface area (Å²) in [4.78, 5) is 21.6. The molecule has 27 heavy (non-hydrogen) atoms. The highest BCUT2D eigenvalue weighted by molar-refractivity contribution is 9.10. The zero-order chi connectivity index (χ0) is 19.1. The van der Waals surface area contributed by atoms with Crippen LogP contribution in [0.25, 0.3) is 15.9 Å². The number of benzene rings is 1. The van der Waals surface area contributed by atoms with Gasteiger partial charge in [0, 0.05) is 9.35 Å². The average Bonchev–Trinajstić information content (AvgIpc) is 3.21. The summed E-state index contributed by atoms with van der Waals surface area (Å²) >= 11 is 4.93. The molecule has 1 unspecified atom stereocenters. The number of aromatic nitrogens is 6. The first kappa shape index (κ1) is 17.8. The highest BCUT2D eigenvalue weighted by Gasteiger charge is 2.18. The highest BCUT2D eigenvalue weighted by atomic mass is 79.9. The molecular weight excluding hydrogens is 430 g/mol. The van der Waals surface area contributed by atoms with Crippen molar-refractivity contribution in [3.05, 3.63) is 55.4 Å². The quantitative estimate of drug-likeness (QED) is 0.498. The summed E-state index contributed by atoms with van der Waals surface area (Å²) in [6.45, 7) is 5.84. The van der Waals surface area contributed by atoms with Crippen LogP contribution in [0.5, 0.6) is 0 Å². The smallest absolute Gasteiger partial charge is 0.261 e. The molecule has 3 heterocycles. The third-order valence-corrected chi connectivity index (χ3v) is 5.97. The number of nitrogens with one attached hydrogen (secondary N) is 2. The van der Waals surface area contributed by atoms with Gasteiger partial charge in [0.2, 0.25) is 5.95 Å². The zero-order valence-corrected chi connectivity index (χ0v) is 17.2. The van der Waals surface area contributed by atoms with Crippen LogP contribution in [0.2, 0.25) is 0 Å². The number of thiophene rings is 1. The van der Waals surface area contributed by atoms with Crippen molar-refractivity contribution in [1.29, 1.82) is 0 Å². The summed E-state index contributed by atoms with van der Waals surface area (Å²) in [5.41, 5.74) is 1.67. The number of anilines is 1. The molecule has 0 saturated heterocycles. The Balaban J connectivity index is 1.66. The van der Waals surface area contributed by atoms with Gasteiger partial charge >= 0.3 is 0 Å². The van der Waals surface area contributed by atoms with E-state index in [2.05, 4.69) is 46.7 Å². The van der Waals surface area contributed by atoms with Crippen LogP contribution in [-0.4, -0.2) is 30.2 Å².